The van der Waals surface area contributed by atoms with Crippen molar-refractivity contribution >= 4 is 0 Å². The molecule has 0 spiro atoms. The lowest BCUT2D eigenvalue weighted by molar-refractivity contribution is 0.456. The molecule has 2 aliphatic rings. The molecule has 2 rings (SSSR count). The van der Waals surface area contributed by atoms with Crippen LogP contribution in [0.4, 0.5) is 0 Å². The van der Waals surface area contributed by atoms with E-state index in [-0.39, 0.29) is 0 Å². The van der Waals surface area contributed by atoms with Crippen molar-refractivity contribution in [2.24, 2.45) is 17.8 Å². The second-order valence-electron chi connectivity index (χ2n) is 6.15. The van der Waals surface area contributed by atoms with Crippen molar-refractivity contribution in [3.63, 3.8) is 0 Å². The van der Waals surface area contributed by atoms with Crippen LogP contribution < -0.4 is 10.6 Å². The van der Waals surface area contributed by atoms with Crippen LogP contribution >= 0.6 is 0 Å². The molecule has 0 radical (unpaired) electrons. The van der Waals surface area contributed by atoms with Crippen LogP contribution in [0.3, 0.4) is 0 Å². The summed E-state index contributed by atoms with van der Waals surface area (Å²) < 4.78 is 0. The molecule has 0 aromatic carbocycles. The van der Waals surface area contributed by atoms with Crippen LogP contribution in [0, 0.1) is 17.8 Å². The summed E-state index contributed by atoms with van der Waals surface area (Å²) in [5.41, 5.74) is 0. The van der Waals surface area contributed by atoms with Gasteiger partial charge in [0.05, 0.1) is 0 Å². The normalized spacial score (nSPS) is 34.9. The monoisotopic (exact) mass is 224 g/mol. The molecule has 0 saturated heterocycles. The van der Waals surface area contributed by atoms with E-state index in [4.69, 9.17) is 0 Å². The second-order valence-corrected chi connectivity index (χ2v) is 6.15. The standard InChI is InChI=1S/C14H28N2/c1-10(2)15-8-11(3)16-9-14-12-6-4-5-7-13(12)14/h10-16H,4-9H2,1-3H3. The Labute approximate surface area is 101 Å². The van der Waals surface area contributed by atoms with Gasteiger partial charge in [0, 0.05) is 18.6 Å². The summed E-state index contributed by atoms with van der Waals surface area (Å²) in [6.07, 6.45) is 6.00. The van der Waals surface area contributed by atoms with E-state index in [1.807, 2.05) is 0 Å². The summed E-state index contributed by atoms with van der Waals surface area (Å²) in [4.78, 5) is 0. The predicted octanol–water partition coefficient (Wildman–Crippen LogP) is 2.40. The fraction of sp³-hybridized carbons (Fsp3) is 1.00. The molecule has 0 amide bonds. The van der Waals surface area contributed by atoms with Gasteiger partial charge in [0.25, 0.3) is 0 Å². The third-order valence-corrected chi connectivity index (χ3v) is 4.37. The molecule has 0 heterocycles. The number of hydrogen-bond acceptors (Lipinski definition) is 2. The van der Waals surface area contributed by atoms with Gasteiger partial charge in [-0.3, -0.25) is 0 Å². The lowest BCUT2D eigenvalue weighted by Gasteiger charge is -2.16. The maximum atomic E-state index is 3.69. The van der Waals surface area contributed by atoms with Crippen molar-refractivity contribution in [3.05, 3.63) is 0 Å². The van der Waals surface area contributed by atoms with Crippen molar-refractivity contribution in [2.75, 3.05) is 13.1 Å². The quantitative estimate of drug-likeness (QED) is 0.724. The van der Waals surface area contributed by atoms with Gasteiger partial charge in [-0.25, -0.2) is 0 Å². The van der Waals surface area contributed by atoms with Gasteiger partial charge in [-0.05, 0) is 44.1 Å². The van der Waals surface area contributed by atoms with Crippen molar-refractivity contribution in [1.82, 2.24) is 10.6 Å². The lowest BCUT2D eigenvalue weighted by atomic mass is 10.0. The summed E-state index contributed by atoms with van der Waals surface area (Å²) in [7, 11) is 0. The highest BCUT2D eigenvalue weighted by Gasteiger charge is 2.49. The third kappa shape index (κ3) is 3.21. The summed E-state index contributed by atoms with van der Waals surface area (Å²) in [5.74, 6) is 3.20. The maximum absolute atomic E-state index is 3.69. The molecule has 0 aromatic rings. The molecule has 0 aromatic heterocycles. The number of nitrogens with one attached hydrogen (secondary N) is 2. The number of hydrogen-bond donors (Lipinski definition) is 2. The van der Waals surface area contributed by atoms with E-state index in [9.17, 15) is 0 Å². The topological polar surface area (TPSA) is 24.1 Å². The van der Waals surface area contributed by atoms with Crippen LogP contribution in [-0.2, 0) is 0 Å². The van der Waals surface area contributed by atoms with E-state index in [0.717, 1.165) is 24.3 Å². The fourth-order valence-corrected chi connectivity index (χ4v) is 3.27. The minimum Gasteiger partial charge on any atom is -0.313 e. The highest BCUT2D eigenvalue weighted by atomic mass is 15.0. The van der Waals surface area contributed by atoms with E-state index >= 15 is 0 Å². The van der Waals surface area contributed by atoms with Crippen molar-refractivity contribution in [2.45, 2.75) is 58.5 Å². The molecule has 2 aliphatic carbocycles. The van der Waals surface area contributed by atoms with Crippen LogP contribution in [0.25, 0.3) is 0 Å². The molecule has 2 saturated carbocycles. The van der Waals surface area contributed by atoms with Crippen LogP contribution in [0.5, 0.6) is 0 Å². The zero-order valence-electron chi connectivity index (χ0n) is 11.1. The van der Waals surface area contributed by atoms with E-state index in [0.29, 0.717) is 12.1 Å². The molecule has 2 fully saturated rings. The van der Waals surface area contributed by atoms with E-state index < -0.39 is 0 Å². The Kier molecular flexibility index (Phi) is 4.26. The van der Waals surface area contributed by atoms with E-state index in [2.05, 4.69) is 31.4 Å². The van der Waals surface area contributed by atoms with E-state index in [1.165, 1.54) is 32.2 Å². The lowest BCUT2D eigenvalue weighted by Crippen LogP contribution is -2.39. The average molecular weight is 224 g/mol. The van der Waals surface area contributed by atoms with Gasteiger partial charge in [-0.15, -0.1) is 0 Å². The van der Waals surface area contributed by atoms with Crippen molar-refractivity contribution in [3.8, 4) is 0 Å². The van der Waals surface area contributed by atoms with Crippen LogP contribution in [0.1, 0.15) is 46.5 Å². The van der Waals surface area contributed by atoms with Crippen LogP contribution in [0.2, 0.25) is 0 Å². The minimum atomic E-state index is 0.604. The van der Waals surface area contributed by atoms with Gasteiger partial charge in [0.2, 0.25) is 0 Å². The fourth-order valence-electron chi connectivity index (χ4n) is 3.27. The Bertz CT molecular complexity index is 203. The summed E-state index contributed by atoms with van der Waals surface area (Å²) in [5, 5.41) is 7.18. The predicted molar refractivity (Wildman–Crippen MR) is 69.5 cm³/mol. The Morgan fingerprint density at radius 2 is 1.62 bits per heavy atom. The molecule has 2 nitrogen and oxygen atoms in total. The first-order valence-electron chi connectivity index (χ1n) is 7.15. The third-order valence-electron chi connectivity index (χ3n) is 4.37. The molecule has 0 bridgehead atoms. The van der Waals surface area contributed by atoms with Crippen molar-refractivity contribution in [1.29, 1.82) is 0 Å². The molecular weight excluding hydrogens is 196 g/mol. The molecule has 2 heteroatoms. The average Bonchev–Trinajstić information content (AvgIpc) is 2.97. The second kappa shape index (κ2) is 5.50. The van der Waals surface area contributed by atoms with Gasteiger partial charge < -0.3 is 10.6 Å². The van der Waals surface area contributed by atoms with Gasteiger partial charge in [0.1, 0.15) is 0 Å². The molecule has 16 heavy (non-hydrogen) atoms. The molecular formula is C14H28N2. The molecule has 3 atom stereocenters. The summed E-state index contributed by atoms with van der Waals surface area (Å²) in [6.45, 7) is 9.07. The first kappa shape index (κ1) is 12.4. The van der Waals surface area contributed by atoms with E-state index in [1.54, 1.807) is 0 Å². The van der Waals surface area contributed by atoms with Gasteiger partial charge >= 0.3 is 0 Å². The SMILES string of the molecule is CC(C)NCC(C)NCC1C2CCCCC21. The van der Waals surface area contributed by atoms with Crippen LogP contribution in [0.15, 0.2) is 0 Å². The first-order chi connectivity index (χ1) is 7.68. The largest absolute Gasteiger partial charge is 0.313 e. The highest BCUT2D eigenvalue weighted by molar-refractivity contribution is 5.00. The smallest absolute Gasteiger partial charge is 0.0164 e. The molecule has 2 N–H and O–H groups in total. The zero-order valence-corrected chi connectivity index (χ0v) is 11.1. The molecule has 3 unspecified atom stereocenters. The highest BCUT2D eigenvalue weighted by Crippen LogP contribution is 2.54. The summed E-state index contributed by atoms with van der Waals surface area (Å²) in [6, 6.07) is 1.22. The maximum Gasteiger partial charge on any atom is 0.0164 e. The Morgan fingerprint density at radius 1 is 1.00 bits per heavy atom. The molecule has 0 aliphatic heterocycles. The number of fused-ring (bicyclic) bond motifs is 1. The first-order valence-corrected chi connectivity index (χ1v) is 7.15. The minimum absolute atomic E-state index is 0.604. The number of rotatable bonds is 6. The van der Waals surface area contributed by atoms with Gasteiger partial charge in [-0.2, -0.15) is 0 Å². The summed E-state index contributed by atoms with van der Waals surface area (Å²) >= 11 is 0. The zero-order chi connectivity index (χ0) is 11.5. The Morgan fingerprint density at radius 3 is 2.19 bits per heavy atom. The van der Waals surface area contributed by atoms with Crippen molar-refractivity contribution < 1.29 is 0 Å². The van der Waals surface area contributed by atoms with Gasteiger partial charge in [0.15, 0.2) is 0 Å². The van der Waals surface area contributed by atoms with Gasteiger partial charge in [-0.1, -0.05) is 26.7 Å². The molecule has 94 valence electrons. The Balaban J connectivity index is 1.57. The Hall–Kier alpha value is -0.0800. The van der Waals surface area contributed by atoms with Crippen LogP contribution in [-0.4, -0.2) is 25.2 Å².